The third kappa shape index (κ3) is 11.0. The largest absolute Gasteiger partial charge is 0.463 e. The highest BCUT2D eigenvalue weighted by Crippen LogP contribution is 1.99. The lowest BCUT2D eigenvalue weighted by atomic mass is 10.2. The molecule has 0 fully saturated rings. The molecular formula is C13H22O4. The van der Waals surface area contributed by atoms with Crippen LogP contribution in [-0.2, 0) is 19.1 Å². The monoisotopic (exact) mass is 242 g/mol. The Hall–Kier alpha value is -1.32. The van der Waals surface area contributed by atoms with Crippen LogP contribution in [0.3, 0.4) is 0 Å². The molecule has 0 saturated carbocycles. The molecule has 0 aromatic rings. The molecule has 0 aromatic heterocycles. The van der Waals surface area contributed by atoms with Crippen LogP contribution in [0.15, 0.2) is 12.2 Å². The molecule has 98 valence electrons. The van der Waals surface area contributed by atoms with Crippen molar-refractivity contribution < 1.29 is 19.1 Å². The normalized spacial score (nSPS) is 10.5. The number of ether oxygens (including phenoxy) is 2. The van der Waals surface area contributed by atoms with Crippen LogP contribution in [0, 0.1) is 0 Å². The number of esters is 2. The predicted octanol–water partition coefficient (Wildman–Crippen LogP) is 2.62. The first-order valence-electron chi connectivity index (χ1n) is 6.22. The van der Waals surface area contributed by atoms with E-state index in [4.69, 9.17) is 9.47 Å². The van der Waals surface area contributed by atoms with E-state index in [9.17, 15) is 9.59 Å². The molecule has 0 bridgehead atoms. The van der Waals surface area contributed by atoms with Crippen LogP contribution in [0.2, 0.25) is 0 Å². The van der Waals surface area contributed by atoms with Crippen molar-refractivity contribution in [1.82, 2.24) is 0 Å². The van der Waals surface area contributed by atoms with Crippen molar-refractivity contribution in [3.63, 3.8) is 0 Å². The Morgan fingerprint density at radius 2 is 1.41 bits per heavy atom. The van der Waals surface area contributed by atoms with E-state index in [0.29, 0.717) is 13.2 Å². The number of unbranched alkanes of at least 4 members (excludes halogenated alkanes) is 3. The van der Waals surface area contributed by atoms with Gasteiger partial charge in [-0.15, -0.1) is 0 Å². The van der Waals surface area contributed by atoms with Crippen molar-refractivity contribution in [3.05, 3.63) is 12.2 Å². The summed E-state index contributed by atoms with van der Waals surface area (Å²) in [6.07, 6.45) is 7.21. The average Bonchev–Trinajstić information content (AvgIpc) is 2.33. The van der Waals surface area contributed by atoms with Gasteiger partial charge < -0.3 is 9.47 Å². The number of rotatable bonds is 9. The van der Waals surface area contributed by atoms with Crippen molar-refractivity contribution >= 4 is 11.9 Å². The standard InChI is InChI=1S/C13H22O4/c1-3-5-6-7-11-17-13(15)9-8-12(14)16-10-4-2/h8-9H,3-7,10-11H2,1-2H3/b9-8+. The molecule has 4 heteroatoms. The van der Waals surface area contributed by atoms with E-state index in [1.807, 2.05) is 6.92 Å². The Bertz CT molecular complexity index is 246. The van der Waals surface area contributed by atoms with Gasteiger partial charge in [0.05, 0.1) is 13.2 Å². The van der Waals surface area contributed by atoms with Crippen LogP contribution in [-0.4, -0.2) is 25.2 Å². The zero-order chi connectivity index (χ0) is 12.9. The topological polar surface area (TPSA) is 52.6 Å². The smallest absolute Gasteiger partial charge is 0.331 e. The minimum Gasteiger partial charge on any atom is -0.463 e. The van der Waals surface area contributed by atoms with Gasteiger partial charge >= 0.3 is 11.9 Å². The lowest BCUT2D eigenvalue weighted by Crippen LogP contribution is -2.05. The number of carbonyl (C=O) groups is 2. The molecule has 0 aromatic carbocycles. The third-order valence-corrected chi connectivity index (χ3v) is 2.05. The molecule has 0 aliphatic heterocycles. The van der Waals surface area contributed by atoms with E-state index in [-0.39, 0.29) is 0 Å². The van der Waals surface area contributed by atoms with Gasteiger partial charge in [0.1, 0.15) is 0 Å². The number of carbonyl (C=O) groups excluding carboxylic acids is 2. The van der Waals surface area contributed by atoms with Crippen LogP contribution < -0.4 is 0 Å². The van der Waals surface area contributed by atoms with E-state index >= 15 is 0 Å². The number of hydrogen-bond acceptors (Lipinski definition) is 4. The maximum absolute atomic E-state index is 11.1. The van der Waals surface area contributed by atoms with Crippen LogP contribution in [0.4, 0.5) is 0 Å². The molecule has 0 N–H and O–H groups in total. The first kappa shape index (κ1) is 15.7. The summed E-state index contributed by atoms with van der Waals surface area (Å²) in [4.78, 5) is 22.1. The van der Waals surface area contributed by atoms with Gasteiger partial charge in [0, 0.05) is 12.2 Å². The van der Waals surface area contributed by atoms with E-state index < -0.39 is 11.9 Å². The van der Waals surface area contributed by atoms with E-state index in [1.54, 1.807) is 0 Å². The summed E-state index contributed by atoms with van der Waals surface area (Å²) < 4.78 is 9.68. The second-order valence-electron chi connectivity index (χ2n) is 3.73. The molecule has 0 radical (unpaired) electrons. The minimum atomic E-state index is -0.505. The molecule has 0 heterocycles. The fourth-order valence-electron chi connectivity index (χ4n) is 1.14. The zero-order valence-electron chi connectivity index (χ0n) is 10.7. The maximum atomic E-state index is 11.1. The van der Waals surface area contributed by atoms with Gasteiger partial charge in [-0.1, -0.05) is 33.1 Å². The third-order valence-electron chi connectivity index (χ3n) is 2.05. The molecular weight excluding hydrogens is 220 g/mol. The molecule has 0 rings (SSSR count). The lowest BCUT2D eigenvalue weighted by Gasteiger charge is -2.01. The van der Waals surface area contributed by atoms with E-state index in [2.05, 4.69) is 6.92 Å². The SMILES string of the molecule is CCCCCCOC(=O)/C=C/C(=O)OCCC. The summed E-state index contributed by atoms with van der Waals surface area (Å²) >= 11 is 0. The predicted molar refractivity (Wildman–Crippen MR) is 65.5 cm³/mol. The minimum absolute atomic E-state index is 0.370. The first-order chi connectivity index (χ1) is 8.20. The second-order valence-corrected chi connectivity index (χ2v) is 3.73. The van der Waals surface area contributed by atoms with E-state index in [0.717, 1.165) is 44.3 Å². The Morgan fingerprint density at radius 1 is 0.824 bits per heavy atom. The molecule has 0 amide bonds. The highest BCUT2D eigenvalue weighted by molar-refractivity contribution is 5.91. The summed E-state index contributed by atoms with van der Waals surface area (Å²) in [6, 6.07) is 0. The van der Waals surface area contributed by atoms with Gasteiger partial charge in [-0.2, -0.15) is 0 Å². The molecule has 17 heavy (non-hydrogen) atoms. The lowest BCUT2D eigenvalue weighted by molar-refractivity contribution is -0.140. The fourth-order valence-corrected chi connectivity index (χ4v) is 1.14. The molecule has 0 saturated heterocycles. The molecule has 0 spiro atoms. The highest BCUT2D eigenvalue weighted by atomic mass is 16.5. The van der Waals surface area contributed by atoms with Crippen molar-refractivity contribution in [2.24, 2.45) is 0 Å². The van der Waals surface area contributed by atoms with E-state index in [1.165, 1.54) is 0 Å². The highest BCUT2D eigenvalue weighted by Gasteiger charge is 2.00. The van der Waals surface area contributed by atoms with Gasteiger partial charge in [0.2, 0.25) is 0 Å². The Labute approximate surface area is 103 Å². The van der Waals surface area contributed by atoms with Crippen molar-refractivity contribution in [2.45, 2.75) is 46.0 Å². The molecule has 0 aliphatic carbocycles. The average molecular weight is 242 g/mol. The fraction of sp³-hybridized carbons (Fsp3) is 0.692. The maximum Gasteiger partial charge on any atom is 0.331 e. The van der Waals surface area contributed by atoms with Crippen molar-refractivity contribution in [2.75, 3.05) is 13.2 Å². The summed E-state index contributed by atoms with van der Waals surface area (Å²) in [5, 5.41) is 0. The summed E-state index contributed by atoms with van der Waals surface area (Å²) in [5.74, 6) is -0.996. The molecule has 0 atom stereocenters. The van der Waals surface area contributed by atoms with Crippen LogP contribution in [0.1, 0.15) is 46.0 Å². The first-order valence-corrected chi connectivity index (χ1v) is 6.22. The quantitative estimate of drug-likeness (QED) is 0.354. The molecule has 0 unspecified atom stereocenters. The van der Waals surface area contributed by atoms with Crippen LogP contribution in [0.5, 0.6) is 0 Å². The summed E-state index contributed by atoms with van der Waals surface area (Å²) in [7, 11) is 0. The number of hydrogen-bond donors (Lipinski definition) is 0. The zero-order valence-corrected chi connectivity index (χ0v) is 10.7. The van der Waals surface area contributed by atoms with Gasteiger partial charge in [-0.3, -0.25) is 0 Å². The molecule has 4 nitrogen and oxygen atoms in total. The van der Waals surface area contributed by atoms with Gasteiger partial charge in [0.25, 0.3) is 0 Å². The van der Waals surface area contributed by atoms with Crippen molar-refractivity contribution in [1.29, 1.82) is 0 Å². The summed E-state index contributed by atoms with van der Waals surface area (Å²) in [6.45, 7) is 4.81. The molecule has 0 aliphatic rings. The Balaban J connectivity index is 3.56. The van der Waals surface area contributed by atoms with Crippen molar-refractivity contribution in [3.8, 4) is 0 Å². The van der Waals surface area contributed by atoms with Gasteiger partial charge in [0.15, 0.2) is 0 Å². The van der Waals surface area contributed by atoms with Crippen LogP contribution >= 0.6 is 0 Å². The second kappa shape index (κ2) is 11.2. The Kier molecular flexibility index (Phi) is 10.3. The summed E-state index contributed by atoms with van der Waals surface area (Å²) in [5.41, 5.74) is 0. The van der Waals surface area contributed by atoms with Gasteiger partial charge in [-0.05, 0) is 12.8 Å². The van der Waals surface area contributed by atoms with Crippen LogP contribution in [0.25, 0.3) is 0 Å². The Morgan fingerprint density at radius 3 is 1.94 bits per heavy atom. The van der Waals surface area contributed by atoms with Gasteiger partial charge in [-0.25, -0.2) is 9.59 Å².